The van der Waals surface area contributed by atoms with Crippen molar-refractivity contribution in [1.82, 2.24) is 5.32 Å². The Balaban J connectivity index is 1.71. The monoisotopic (exact) mass is 335 g/mol. The van der Waals surface area contributed by atoms with Crippen LogP contribution in [0.2, 0.25) is 0 Å². The van der Waals surface area contributed by atoms with Crippen LogP contribution < -0.4 is 10.1 Å². The molecule has 1 aromatic heterocycles. The van der Waals surface area contributed by atoms with Crippen molar-refractivity contribution in [2.45, 2.75) is 25.3 Å². The summed E-state index contributed by atoms with van der Waals surface area (Å²) >= 11 is 0. The van der Waals surface area contributed by atoms with E-state index in [1.165, 1.54) is 5.56 Å². The van der Waals surface area contributed by atoms with Gasteiger partial charge in [-0.15, -0.1) is 0 Å². The van der Waals surface area contributed by atoms with Crippen molar-refractivity contribution in [2.24, 2.45) is 0 Å². The zero-order chi connectivity index (χ0) is 17.5. The van der Waals surface area contributed by atoms with E-state index in [2.05, 4.69) is 42.6 Å². The van der Waals surface area contributed by atoms with Gasteiger partial charge in [-0.25, -0.2) is 0 Å². The van der Waals surface area contributed by atoms with Crippen molar-refractivity contribution in [2.75, 3.05) is 13.7 Å². The number of nitrogens with one attached hydrogen (secondary N) is 1. The van der Waals surface area contributed by atoms with Gasteiger partial charge in [-0.3, -0.25) is 0 Å². The second-order valence-corrected chi connectivity index (χ2v) is 6.19. The zero-order valence-electron chi connectivity index (χ0n) is 14.8. The molecule has 0 saturated carbocycles. The van der Waals surface area contributed by atoms with Crippen molar-refractivity contribution in [3.63, 3.8) is 0 Å². The number of hydrogen-bond donors (Lipinski definition) is 1. The molecule has 1 N–H and O–H groups in total. The first-order chi connectivity index (χ1) is 12.3. The number of benzene rings is 2. The highest BCUT2D eigenvalue weighted by atomic mass is 16.5. The molecule has 0 spiro atoms. The molecule has 3 heteroatoms. The zero-order valence-corrected chi connectivity index (χ0v) is 14.8. The Morgan fingerprint density at radius 2 is 1.72 bits per heavy atom. The van der Waals surface area contributed by atoms with Crippen LogP contribution in [0, 0.1) is 0 Å². The summed E-state index contributed by atoms with van der Waals surface area (Å²) in [5.74, 6) is 2.04. The minimum Gasteiger partial charge on any atom is -0.496 e. The molecule has 0 amide bonds. The summed E-state index contributed by atoms with van der Waals surface area (Å²) in [6, 6.07) is 23.0. The number of ether oxygens (including phenoxy) is 1. The van der Waals surface area contributed by atoms with Crippen LogP contribution >= 0.6 is 0 Å². The average molecular weight is 335 g/mol. The van der Waals surface area contributed by atoms with Crippen LogP contribution in [0.15, 0.2) is 77.4 Å². The van der Waals surface area contributed by atoms with Gasteiger partial charge in [0.05, 0.1) is 13.4 Å². The van der Waals surface area contributed by atoms with Crippen molar-refractivity contribution < 1.29 is 9.15 Å². The largest absolute Gasteiger partial charge is 0.496 e. The van der Waals surface area contributed by atoms with Gasteiger partial charge in [0.25, 0.3) is 0 Å². The third-order valence-corrected chi connectivity index (χ3v) is 4.58. The average Bonchev–Trinajstić information content (AvgIpc) is 3.20. The minimum atomic E-state index is 0.168. The number of para-hydroxylation sites is 1. The summed E-state index contributed by atoms with van der Waals surface area (Å²) in [7, 11) is 1.72. The molecule has 0 aliphatic rings. The molecular weight excluding hydrogens is 310 g/mol. The Kier molecular flexibility index (Phi) is 5.91. The smallest absolute Gasteiger partial charge is 0.122 e. The fraction of sp³-hybridized carbons (Fsp3) is 0.273. The molecule has 0 unspecified atom stereocenters. The van der Waals surface area contributed by atoms with E-state index in [-0.39, 0.29) is 5.92 Å². The number of hydrogen-bond acceptors (Lipinski definition) is 3. The highest BCUT2D eigenvalue weighted by Crippen LogP contribution is 2.34. The predicted molar refractivity (Wildman–Crippen MR) is 101 cm³/mol. The van der Waals surface area contributed by atoms with Crippen molar-refractivity contribution >= 4 is 0 Å². The molecule has 130 valence electrons. The van der Waals surface area contributed by atoms with E-state index in [1.54, 1.807) is 13.4 Å². The maximum Gasteiger partial charge on any atom is 0.122 e. The molecular formula is C22H25NO2. The summed E-state index contributed by atoms with van der Waals surface area (Å²) in [6.07, 6.45) is 2.67. The van der Waals surface area contributed by atoms with Gasteiger partial charge < -0.3 is 14.5 Å². The second-order valence-electron chi connectivity index (χ2n) is 6.19. The highest BCUT2D eigenvalue weighted by Gasteiger charge is 2.20. The quantitative estimate of drug-likeness (QED) is 0.617. The van der Waals surface area contributed by atoms with Crippen LogP contribution in [0.4, 0.5) is 0 Å². The fourth-order valence-corrected chi connectivity index (χ4v) is 3.20. The maximum absolute atomic E-state index is 5.71. The van der Waals surface area contributed by atoms with Crippen LogP contribution in [0.25, 0.3) is 0 Å². The van der Waals surface area contributed by atoms with Gasteiger partial charge >= 0.3 is 0 Å². The lowest BCUT2D eigenvalue weighted by Crippen LogP contribution is -2.21. The first-order valence-electron chi connectivity index (χ1n) is 8.74. The summed E-state index contributed by atoms with van der Waals surface area (Å²) in [5, 5.41) is 3.62. The molecule has 25 heavy (non-hydrogen) atoms. The molecule has 3 rings (SSSR count). The summed E-state index contributed by atoms with van der Waals surface area (Å²) < 4.78 is 11.3. The third-order valence-electron chi connectivity index (χ3n) is 4.58. The summed E-state index contributed by atoms with van der Waals surface area (Å²) in [5.41, 5.74) is 2.46. The Morgan fingerprint density at radius 3 is 2.44 bits per heavy atom. The van der Waals surface area contributed by atoms with Gasteiger partial charge in [0.2, 0.25) is 0 Å². The Hall–Kier alpha value is -2.52. The first-order valence-corrected chi connectivity index (χ1v) is 8.74. The topological polar surface area (TPSA) is 34.4 Å². The van der Waals surface area contributed by atoms with Crippen LogP contribution in [-0.4, -0.2) is 13.7 Å². The maximum atomic E-state index is 5.71. The molecule has 3 aromatic rings. The minimum absolute atomic E-state index is 0.168. The van der Waals surface area contributed by atoms with Crippen molar-refractivity contribution in [1.29, 1.82) is 0 Å². The second kappa shape index (κ2) is 8.54. The van der Waals surface area contributed by atoms with Crippen LogP contribution in [-0.2, 0) is 0 Å². The molecule has 0 radical (unpaired) electrons. The van der Waals surface area contributed by atoms with E-state index in [0.717, 1.165) is 30.0 Å². The highest BCUT2D eigenvalue weighted by molar-refractivity contribution is 5.40. The molecule has 0 fully saturated rings. The van der Waals surface area contributed by atoms with Crippen molar-refractivity contribution in [3.05, 3.63) is 89.9 Å². The van der Waals surface area contributed by atoms with Gasteiger partial charge in [0, 0.05) is 17.5 Å². The lowest BCUT2D eigenvalue weighted by atomic mass is 9.92. The molecule has 2 atom stereocenters. The van der Waals surface area contributed by atoms with Gasteiger partial charge in [-0.1, -0.05) is 48.5 Å². The van der Waals surface area contributed by atoms with Gasteiger partial charge in [0.15, 0.2) is 0 Å². The normalized spacial score (nSPS) is 13.4. The molecule has 0 aliphatic heterocycles. The number of furan rings is 1. The van der Waals surface area contributed by atoms with Gasteiger partial charge in [-0.2, -0.15) is 0 Å². The molecule has 2 aromatic carbocycles. The van der Waals surface area contributed by atoms with E-state index in [0.29, 0.717) is 6.04 Å². The molecule has 1 heterocycles. The number of methoxy groups -OCH3 is 1. The third kappa shape index (κ3) is 4.31. The van der Waals surface area contributed by atoms with E-state index in [1.807, 2.05) is 36.4 Å². The standard InChI is InChI=1S/C22H25NO2/c1-17(18-9-4-3-5-10-18)23-15-14-20(22-13-8-16-25-22)19-11-6-7-12-21(19)24-2/h3-13,16-17,20,23H,14-15H2,1-2H3/t17-,20-/m0/s1. The van der Waals surface area contributed by atoms with E-state index in [4.69, 9.17) is 9.15 Å². The summed E-state index contributed by atoms with van der Waals surface area (Å²) in [6.45, 7) is 3.08. The van der Waals surface area contributed by atoms with Gasteiger partial charge in [-0.05, 0) is 43.7 Å². The van der Waals surface area contributed by atoms with Crippen LogP contribution in [0.5, 0.6) is 5.75 Å². The first kappa shape index (κ1) is 17.3. The molecule has 0 saturated heterocycles. The van der Waals surface area contributed by atoms with E-state index in [9.17, 15) is 0 Å². The molecule has 0 aliphatic carbocycles. The van der Waals surface area contributed by atoms with Crippen LogP contribution in [0.1, 0.15) is 42.2 Å². The lowest BCUT2D eigenvalue weighted by molar-refractivity contribution is 0.397. The van der Waals surface area contributed by atoms with Gasteiger partial charge in [0.1, 0.15) is 11.5 Å². The molecule has 0 bridgehead atoms. The SMILES string of the molecule is COc1ccccc1[C@H](CCN[C@@H](C)c1ccccc1)c1ccco1. The fourth-order valence-electron chi connectivity index (χ4n) is 3.20. The molecule has 3 nitrogen and oxygen atoms in total. The van der Waals surface area contributed by atoms with Crippen LogP contribution in [0.3, 0.4) is 0 Å². The predicted octanol–water partition coefficient (Wildman–Crippen LogP) is 5.16. The summed E-state index contributed by atoms with van der Waals surface area (Å²) in [4.78, 5) is 0. The van der Waals surface area contributed by atoms with E-state index >= 15 is 0 Å². The lowest BCUT2D eigenvalue weighted by Gasteiger charge is -2.20. The van der Waals surface area contributed by atoms with Crippen molar-refractivity contribution in [3.8, 4) is 5.75 Å². The Morgan fingerprint density at radius 1 is 0.960 bits per heavy atom. The van der Waals surface area contributed by atoms with E-state index < -0.39 is 0 Å². The number of rotatable bonds is 8. The Labute approximate surface area is 149 Å². The Bertz CT molecular complexity index is 753.